The number of ether oxygens (including phenoxy) is 2. The van der Waals surface area contributed by atoms with Gasteiger partial charge in [-0.15, -0.1) is 11.8 Å². The number of imide groups is 1. The van der Waals surface area contributed by atoms with E-state index in [0.29, 0.717) is 39.2 Å². The Morgan fingerprint density at radius 3 is 2.46 bits per heavy atom. The van der Waals surface area contributed by atoms with Gasteiger partial charge in [0.05, 0.1) is 35.2 Å². The van der Waals surface area contributed by atoms with Crippen molar-refractivity contribution in [1.29, 1.82) is 0 Å². The molecule has 3 aromatic carbocycles. The van der Waals surface area contributed by atoms with E-state index in [-0.39, 0.29) is 34.5 Å². The summed E-state index contributed by atoms with van der Waals surface area (Å²) in [4.78, 5) is 57.8. The van der Waals surface area contributed by atoms with Crippen LogP contribution in [0.3, 0.4) is 0 Å². The summed E-state index contributed by atoms with van der Waals surface area (Å²) in [5.74, 6) is -3.79. The minimum Gasteiger partial charge on any atom is -0.497 e. The molecule has 2 bridgehead atoms. The number of H-pyrrole nitrogens is 1. The summed E-state index contributed by atoms with van der Waals surface area (Å²) in [6.45, 7) is -0.343. The molecule has 7 atom stereocenters. The highest BCUT2D eigenvalue weighted by Crippen LogP contribution is 2.69. The van der Waals surface area contributed by atoms with E-state index in [9.17, 15) is 32.3 Å². The Morgan fingerprint density at radius 1 is 1.02 bits per heavy atom. The Labute approximate surface area is 296 Å². The topological polar surface area (TPSA) is 118 Å². The lowest BCUT2D eigenvalue weighted by atomic mass is 9.68. The molecule has 3 amide bonds. The minimum atomic E-state index is -4.77. The first kappa shape index (κ1) is 32.9. The van der Waals surface area contributed by atoms with Gasteiger partial charge in [-0.25, -0.2) is 4.90 Å². The van der Waals surface area contributed by atoms with Crippen LogP contribution in [-0.4, -0.2) is 41.7 Å². The molecule has 3 fully saturated rings. The molecule has 8 rings (SSSR count). The first-order valence-corrected chi connectivity index (χ1v) is 17.8. The van der Waals surface area contributed by atoms with Crippen molar-refractivity contribution in [3.8, 4) is 11.5 Å². The number of nitrogens with zero attached hydrogens (tertiary/aromatic N) is 1. The van der Waals surface area contributed by atoms with Gasteiger partial charge >= 0.3 is 11.0 Å². The fourth-order valence-electron chi connectivity index (χ4n) is 8.42. The highest BCUT2D eigenvalue weighted by atomic mass is 35.5. The molecule has 3 heterocycles. The molecule has 2 aliphatic carbocycles. The summed E-state index contributed by atoms with van der Waals surface area (Å²) in [7, 11) is 1.54. The SMILES string of the molecule is COc1ccc(NC(=O)COc2ccc(Cl)cc2[C@H]2c3sc(=O)[nH]c3SC3C4CC(C5C(=O)N(c6ccccc6C(F)(F)F)C(=O)C45)C32)cc1. The molecule has 1 saturated heterocycles. The Kier molecular flexibility index (Phi) is 8.03. The number of carbonyl (C=O) groups is 3. The number of alkyl halides is 3. The van der Waals surface area contributed by atoms with Crippen molar-refractivity contribution in [3.05, 3.63) is 97.4 Å². The molecule has 15 heteroatoms. The van der Waals surface area contributed by atoms with Gasteiger partial charge in [0.2, 0.25) is 11.8 Å². The molecule has 6 unspecified atom stereocenters. The van der Waals surface area contributed by atoms with Crippen LogP contribution in [0.2, 0.25) is 5.02 Å². The molecule has 1 aromatic heterocycles. The zero-order valence-corrected chi connectivity index (χ0v) is 28.4. The van der Waals surface area contributed by atoms with E-state index in [4.69, 9.17) is 21.1 Å². The maximum Gasteiger partial charge on any atom is 0.418 e. The number of carbonyl (C=O) groups excluding carboxylic acids is 3. The summed E-state index contributed by atoms with van der Waals surface area (Å²) in [6, 6.07) is 16.5. The molecule has 2 N–H and O–H groups in total. The predicted molar refractivity (Wildman–Crippen MR) is 181 cm³/mol. The molecular formula is C35H27ClF3N3O6S2. The second-order valence-corrected chi connectivity index (χ2v) is 15.4. The number of para-hydroxylation sites is 1. The second kappa shape index (κ2) is 12.2. The van der Waals surface area contributed by atoms with Gasteiger partial charge in [-0.2, -0.15) is 13.2 Å². The van der Waals surface area contributed by atoms with Crippen LogP contribution in [0.15, 0.2) is 76.6 Å². The van der Waals surface area contributed by atoms with Gasteiger partial charge in [-0.05, 0) is 78.8 Å². The maximum atomic E-state index is 14.1. The Morgan fingerprint density at radius 2 is 1.74 bits per heavy atom. The lowest BCUT2D eigenvalue weighted by Gasteiger charge is -2.43. The van der Waals surface area contributed by atoms with Gasteiger partial charge in [-0.3, -0.25) is 19.2 Å². The maximum absolute atomic E-state index is 14.1. The van der Waals surface area contributed by atoms with Crippen molar-refractivity contribution < 1.29 is 37.0 Å². The van der Waals surface area contributed by atoms with Crippen LogP contribution in [0.5, 0.6) is 11.5 Å². The summed E-state index contributed by atoms with van der Waals surface area (Å²) in [5.41, 5.74) is -0.349. The fourth-order valence-corrected chi connectivity index (χ4v) is 11.5. The number of fused-ring (bicyclic) bond motifs is 9. The van der Waals surface area contributed by atoms with Crippen LogP contribution in [-0.2, 0) is 20.6 Å². The van der Waals surface area contributed by atoms with Gasteiger partial charge in [-0.1, -0.05) is 35.1 Å². The normalized spacial score (nSPS) is 26.4. The number of hydrogen-bond donors (Lipinski definition) is 2. The lowest BCUT2D eigenvalue weighted by Crippen LogP contribution is -2.42. The van der Waals surface area contributed by atoms with E-state index < -0.39 is 52.9 Å². The number of aromatic nitrogens is 1. The van der Waals surface area contributed by atoms with Gasteiger partial charge in [0.15, 0.2) is 6.61 Å². The molecule has 0 radical (unpaired) electrons. The fraction of sp³-hybridized carbons (Fsp3) is 0.314. The number of hydrogen-bond acceptors (Lipinski definition) is 8. The summed E-state index contributed by atoms with van der Waals surface area (Å²) >= 11 is 9.02. The largest absolute Gasteiger partial charge is 0.497 e. The van der Waals surface area contributed by atoms with Gasteiger partial charge in [0.1, 0.15) is 11.5 Å². The Bertz CT molecular complexity index is 2100. The second-order valence-electron chi connectivity index (χ2n) is 12.7. The molecule has 2 aliphatic heterocycles. The minimum absolute atomic E-state index is 0.233. The van der Waals surface area contributed by atoms with Crippen molar-refractivity contribution in [1.82, 2.24) is 4.98 Å². The molecule has 258 valence electrons. The number of halogens is 4. The number of benzene rings is 3. The molecular weight excluding hydrogens is 715 g/mol. The number of amides is 3. The molecule has 4 aliphatic rings. The van der Waals surface area contributed by atoms with E-state index in [2.05, 4.69) is 10.3 Å². The van der Waals surface area contributed by atoms with Gasteiger partial charge < -0.3 is 19.8 Å². The van der Waals surface area contributed by atoms with E-state index >= 15 is 0 Å². The summed E-state index contributed by atoms with van der Waals surface area (Å²) in [5, 5.41) is 3.57. The molecule has 0 spiro atoms. The average Bonchev–Trinajstić information content (AvgIpc) is 3.82. The predicted octanol–water partition coefficient (Wildman–Crippen LogP) is 6.81. The number of nitrogens with one attached hydrogen (secondary N) is 2. The van der Waals surface area contributed by atoms with Crippen LogP contribution in [0.4, 0.5) is 24.5 Å². The van der Waals surface area contributed by atoms with E-state index in [0.717, 1.165) is 33.2 Å². The van der Waals surface area contributed by atoms with E-state index in [1.54, 1.807) is 49.6 Å². The number of thioether (sulfide) groups is 1. The third kappa shape index (κ3) is 5.30. The standard InChI is InChI=1S/C35H27ClF3N3O6S2/c1-47-17-9-7-16(8-10-17)40-24(43)14-48-23-11-6-15(36)12-18(23)25-26-19-13-20(29(26)49-31-30(25)50-34(46)41-31)28-27(19)32(44)42(33(28)45)22-5-3-2-4-21(22)35(37,38)39/h2-12,19-20,25-29H,13-14H2,1H3,(H,40,43)(H,41,46)/t19?,20?,25-,26?,27?,28?,29?/m1/s1. The Balaban J connectivity index is 1.13. The zero-order chi connectivity index (χ0) is 35.1. The molecule has 2 saturated carbocycles. The van der Waals surface area contributed by atoms with Crippen LogP contribution in [0.25, 0.3) is 0 Å². The third-order valence-corrected chi connectivity index (χ3v) is 13.0. The average molecular weight is 742 g/mol. The molecule has 9 nitrogen and oxygen atoms in total. The highest BCUT2D eigenvalue weighted by Gasteiger charge is 2.70. The quantitative estimate of drug-likeness (QED) is 0.200. The summed E-state index contributed by atoms with van der Waals surface area (Å²) in [6.07, 6.45) is -4.24. The van der Waals surface area contributed by atoms with Crippen molar-refractivity contribution in [2.24, 2.45) is 29.6 Å². The van der Waals surface area contributed by atoms with Crippen molar-refractivity contribution in [2.45, 2.75) is 28.8 Å². The van der Waals surface area contributed by atoms with E-state index in [1.807, 2.05) is 0 Å². The first-order chi connectivity index (χ1) is 23.9. The zero-order valence-electron chi connectivity index (χ0n) is 26.0. The number of methoxy groups -OCH3 is 1. The highest BCUT2D eigenvalue weighted by molar-refractivity contribution is 8.00. The Hall–Kier alpha value is -4.27. The molecule has 50 heavy (non-hydrogen) atoms. The molecule has 4 aromatic rings. The number of aromatic amines is 1. The van der Waals surface area contributed by atoms with E-state index in [1.165, 1.54) is 23.9 Å². The first-order valence-electron chi connectivity index (χ1n) is 15.7. The summed E-state index contributed by atoms with van der Waals surface area (Å²) < 4.78 is 53.3. The van der Waals surface area contributed by atoms with Crippen LogP contribution in [0.1, 0.15) is 28.3 Å². The van der Waals surface area contributed by atoms with Crippen LogP contribution >= 0.6 is 34.7 Å². The van der Waals surface area contributed by atoms with Gasteiger partial charge in [0, 0.05) is 32.3 Å². The number of anilines is 2. The number of thiazole rings is 1. The lowest BCUT2D eigenvalue weighted by molar-refractivity contribution is -0.137. The van der Waals surface area contributed by atoms with Crippen molar-refractivity contribution in [3.63, 3.8) is 0 Å². The third-order valence-electron chi connectivity index (χ3n) is 10.2. The monoisotopic (exact) mass is 741 g/mol. The van der Waals surface area contributed by atoms with Gasteiger partial charge in [0.25, 0.3) is 5.91 Å². The smallest absolute Gasteiger partial charge is 0.418 e. The number of rotatable bonds is 7. The van der Waals surface area contributed by atoms with Crippen LogP contribution < -0.4 is 24.6 Å². The van der Waals surface area contributed by atoms with Crippen molar-refractivity contribution in [2.75, 3.05) is 23.9 Å². The van der Waals surface area contributed by atoms with Crippen molar-refractivity contribution >= 4 is 63.8 Å². The van der Waals surface area contributed by atoms with Crippen LogP contribution in [0, 0.1) is 29.6 Å².